The molecule has 0 saturated carbocycles. The molecule has 3 unspecified atom stereocenters. The number of nitrogens with one attached hydrogen (secondary N) is 2. The van der Waals surface area contributed by atoms with Gasteiger partial charge >= 0.3 is 0 Å². The summed E-state index contributed by atoms with van der Waals surface area (Å²) in [5.74, 6) is 0.352. The highest BCUT2D eigenvalue weighted by molar-refractivity contribution is 5.79. The van der Waals surface area contributed by atoms with Crippen LogP contribution in [-0.4, -0.2) is 52.0 Å². The van der Waals surface area contributed by atoms with E-state index in [1.165, 1.54) is 0 Å². The third-order valence-corrected chi connectivity index (χ3v) is 2.96. The minimum Gasteiger partial charge on any atom is -0.384 e. The van der Waals surface area contributed by atoms with Crippen LogP contribution < -0.4 is 10.6 Å². The Bertz CT molecular complexity index is 236. The zero-order chi connectivity index (χ0) is 12.7. The van der Waals surface area contributed by atoms with E-state index >= 15 is 0 Å². The van der Waals surface area contributed by atoms with E-state index in [4.69, 9.17) is 9.47 Å². The summed E-state index contributed by atoms with van der Waals surface area (Å²) in [5.41, 5.74) is 0. The largest absolute Gasteiger partial charge is 0.384 e. The van der Waals surface area contributed by atoms with Crippen LogP contribution in [0.15, 0.2) is 0 Å². The molecule has 0 aromatic rings. The minimum atomic E-state index is -0.0651. The zero-order valence-electron chi connectivity index (χ0n) is 11.0. The maximum atomic E-state index is 12.0. The number of carbonyl (C=O) groups is 1. The molecule has 2 N–H and O–H groups in total. The molecule has 17 heavy (non-hydrogen) atoms. The Hall–Kier alpha value is -0.650. The second-order valence-corrected chi connectivity index (χ2v) is 4.61. The first kappa shape index (κ1) is 14.4. The van der Waals surface area contributed by atoms with E-state index in [0.717, 1.165) is 6.54 Å². The van der Waals surface area contributed by atoms with Crippen molar-refractivity contribution in [3.8, 4) is 0 Å². The molecule has 1 saturated heterocycles. The smallest absolute Gasteiger partial charge is 0.227 e. The van der Waals surface area contributed by atoms with Crippen molar-refractivity contribution in [2.75, 3.05) is 40.0 Å². The predicted molar refractivity (Wildman–Crippen MR) is 65.8 cm³/mol. The lowest BCUT2D eigenvalue weighted by Crippen LogP contribution is -2.45. The number of methoxy groups -OCH3 is 1. The zero-order valence-corrected chi connectivity index (χ0v) is 11.0. The number of hydrogen-bond donors (Lipinski definition) is 2. The van der Waals surface area contributed by atoms with Gasteiger partial charge in [0.15, 0.2) is 0 Å². The van der Waals surface area contributed by atoms with Crippen molar-refractivity contribution >= 4 is 5.91 Å². The topological polar surface area (TPSA) is 59.6 Å². The number of amides is 1. The Balaban J connectivity index is 2.31. The molecule has 1 aliphatic rings. The fraction of sp³-hybridized carbons (Fsp3) is 0.917. The summed E-state index contributed by atoms with van der Waals surface area (Å²) in [7, 11) is 1.67. The van der Waals surface area contributed by atoms with Crippen molar-refractivity contribution in [2.24, 2.45) is 11.8 Å². The Kier molecular flexibility index (Phi) is 6.47. The van der Waals surface area contributed by atoms with Gasteiger partial charge in [0.1, 0.15) is 0 Å². The molecule has 0 aromatic heterocycles. The first-order valence-electron chi connectivity index (χ1n) is 6.26. The third kappa shape index (κ3) is 4.61. The summed E-state index contributed by atoms with van der Waals surface area (Å²) < 4.78 is 10.4. The molecular weight excluding hydrogens is 220 g/mol. The molecule has 0 radical (unpaired) electrons. The molecule has 3 atom stereocenters. The highest BCUT2D eigenvalue weighted by Gasteiger charge is 2.33. The van der Waals surface area contributed by atoms with Crippen LogP contribution in [0.3, 0.4) is 0 Å². The molecule has 1 rings (SSSR count). The van der Waals surface area contributed by atoms with Gasteiger partial charge in [0, 0.05) is 19.7 Å². The molecule has 1 fully saturated rings. The lowest BCUT2D eigenvalue weighted by atomic mass is 10.0. The molecule has 0 aliphatic carbocycles. The van der Waals surface area contributed by atoms with Gasteiger partial charge in [0.2, 0.25) is 5.91 Å². The van der Waals surface area contributed by atoms with Crippen molar-refractivity contribution in [2.45, 2.75) is 19.9 Å². The van der Waals surface area contributed by atoms with Gasteiger partial charge in [-0.3, -0.25) is 4.79 Å². The summed E-state index contributed by atoms with van der Waals surface area (Å²) >= 11 is 0. The van der Waals surface area contributed by atoms with E-state index in [9.17, 15) is 4.79 Å². The lowest BCUT2D eigenvalue weighted by molar-refractivity contribution is -0.125. The minimum absolute atomic E-state index is 0.0651. The fourth-order valence-electron chi connectivity index (χ4n) is 2.03. The van der Waals surface area contributed by atoms with Crippen LogP contribution in [0.4, 0.5) is 0 Å². The average Bonchev–Trinajstić information content (AvgIpc) is 2.75. The molecule has 100 valence electrons. The van der Waals surface area contributed by atoms with Gasteiger partial charge in [-0.25, -0.2) is 0 Å². The molecule has 0 spiro atoms. The standard InChI is InChI=1S/C12H24N2O3/c1-4-13-11-8-17-7-10(11)12(15)14-5-9(2)6-16-3/h9-11,13H,4-8H2,1-3H3,(H,14,15). The summed E-state index contributed by atoms with van der Waals surface area (Å²) in [6, 6.07) is 0.151. The molecule has 1 aliphatic heterocycles. The highest BCUT2D eigenvalue weighted by atomic mass is 16.5. The van der Waals surface area contributed by atoms with Crippen LogP contribution in [0.1, 0.15) is 13.8 Å². The molecular formula is C12H24N2O3. The van der Waals surface area contributed by atoms with E-state index in [1.54, 1.807) is 7.11 Å². The van der Waals surface area contributed by atoms with Crippen LogP contribution in [0, 0.1) is 11.8 Å². The quantitative estimate of drug-likeness (QED) is 0.662. The number of likely N-dealkylation sites (N-methyl/N-ethyl adjacent to an activating group) is 1. The van der Waals surface area contributed by atoms with Crippen LogP contribution >= 0.6 is 0 Å². The second-order valence-electron chi connectivity index (χ2n) is 4.61. The monoisotopic (exact) mass is 244 g/mol. The van der Waals surface area contributed by atoms with Gasteiger partial charge in [-0.1, -0.05) is 13.8 Å². The average molecular weight is 244 g/mol. The molecule has 1 heterocycles. The number of ether oxygens (including phenoxy) is 2. The highest BCUT2D eigenvalue weighted by Crippen LogP contribution is 2.13. The summed E-state index contributed by atoms with van der Waals surface area (Å²) in [4.78, 5) is 12.0. The lowest BCUT2D eigenvalue weighted by Gasteiger charge is -2.19. The molecule has 5 nitrogen and oxygen atoms in total. The summed E-state index contributed by atoms with van der Waals surface area (Å²) in [6.45, 7) is 7.41. The van der Waals surface area contributed by atoms with Crippen LogP contribution in [0.2, 0.25) is 0 Å². The van der Waals surface area contributed by atoms with Gasteiger partial charge in [-0.15, -0.1) is 0 Å². The second kappa shape index (κ2) is 7.63. The van der Waals surface area contributed by atoms with Gasteiger partial charge in [0.25, 0.3) is 0 Å². The van der Waals surface area contributed by atoms with E-state index in [0.29, 0.717) is 32.3 Å². The fourth-order valence-corrected chi connectivity index (χ4v) is 2.03. The van der Waals surface area contributed by atoms with Gasteiger partial charge in [0.05, 0.1) is 25.7 Å². The molecule has 1 amide bonds. The Morgan fingerprint density at radius 1 is 1.53 bits per heavy atom. The van der Waals surface area contributed by atoms with Crippen LogP contribution in [-0.2, 0) is 14.3 Å². The van der Waals surface area contributed by atoms with Gasteiger partial charge < -0.3 is 20.1 Å². The molecule has 5 heteroatoms. The predicted octanol–water partition coefficient (Wildman–Crippen LogP) is 0.00960. The first-order valence-corrected chi connectivity index (χ1v) is 6.26. The van der Waals surface area contributed by atoms with E-state index in [1.807, 2.05) is 6.92 Å². The van der Waals surface area contributed by atoms with E-state index in [-0.39, 0.29) is 17.9 Å². The Morgan fingerprint density at radius 3 is 2.94 bits per heavy atom. The number of hydrogen-bond acceptors (Lipinski definition) is 4. The van der Waals surface area contributed by atoms with E-state index in [2.05, 4.69) is 17.6 Å². The number of carbonyl (C=O) groups excluding carboxylic acids is 1. The van der Waals surface area contributed by atoms with Crippen molar-refractivity contribution in [3.05, 3.63) is 0 Å². The maximum absolute atomic E-state index is 12.0. The van der Waals surface area contributed by atoms with Gasteiger partial charge in [-0.05, 0) is 12.5 Å². The molecule has 0 bridgehead atoms. The van der Waals surface area contributed by atoms with Crippen molar-refractivity contribution in [1.82, 2.24) is 10.6 Å². The summed E-state index contributed by atoms with van der Waals surface area (Å²) in [6.07, 6.45) is 0. The Labute approximate surface area is 103 Å². The maximum Gasteiger partial charge on any atom is 0.227 e. The third-order valence-electron chi connectivity index (χ3n) is 2.96. The molecule has 0 aromatic carbocycles. The van der Waals surface area contributed by atoms with Crippen molar-refractivity contribution < 1.29 is 14.3 Å². The van der Waals surface area contributed by atoms with Crippen LogP contribution in [0.5, 0.6) is 0 Å². The van der Waals surface area contributed by atoms with E-state index < -0.39 is 0 Å². The summed E-state index contributed by atoms with van der Waals surface area (Å²) in [5, 5.41) is 6.24. The van der Waals surface area contributed by atoms with Crippen molar-refractivity contribution in [3.63, 3.8) is 0 Å². The normalized spacial score (nSPS) is 25.8. The first-order chi connectivity index (χ1) is 8.19. The Morgan fingerprint density at radius 2 is 2.29 bits per heavy atom. The van der Waals surface area contributed by atoms with Crippen molar-refractivity contribution in [1.29, 1.82) is 0 Å². The SMILES string of the molecule is CCNC1COCC1C(=O)NCC(C)COC. The van der Waals surface area contributed by atoms with Crippen LogP contribution in [0.25, 0.3) is 0 Å². The number of rotatable bonds is 7. The van der Waals surface area contributed by atoms with Gasteiger partial charge in [-0.2, -0.15) is 0 Å².